The molecule has 2 rings (SSSR count). The fourth-order valence-corrected chi connectivity index (χ4v) is 2.65. The molecule has 1 aromatic heterocycles. The number of nitrogens with zero attached hydrogens (tertiary/aromatic N) is 1. The molecule has 1 aromatic carbocycles. The number of amides is 2. The van der Waals surface area contributed by atoms with Crippen molar-refractivity contribution in [1.29, 1.82) is 0 Å². The number of halogens is 3. The van der Waals surface area contributed by atoms with E-state index >= 15 is 0 Å². The maximum atomic E-state index is 12.7. The molecule has 2 aromatic rings. The van der Waals surface area contributed by atoms with E-state index in [2.05, 4.69) is 20.9 Å². The van der Waals surface area contributed by atoms with Crippen LogP contribution in [0.25, 0.3) is 0 Å². The van der Waals surface area contributed by atoms with Crippen LogP contribution in [-0.4, -0.2) is 43.6 Å². The maximum absolute atomic E-state index is 12.7. The summed E-state index contributed by atoms with van der Waals surface area (Å²) in [5, 5.41) is 9.37. The Kier molecular flexibility index (Phi) is 7.13. The molecule has 0 saturated heterocycles. The van der Waals surface area contributed by atoms with Crippen LogP contribution in [0.1, 0.15) is 16.1 Å². The van der Waals surface area contributed by atoms with Crippen LogP contribution in [0, 0.1) is 0 Å². The van der Waals surface area contributed by atoms with Gasteiger partial charge < -0.3 is 20.7 Å². The van der Waals surface area contributed by atoms with E-state index in [1.807, 2.05) is 0 Å². The second-order valence-corrected chi connectivity index (χ2v) is 6.12. The minimum Gasteiger partial charge on any atom is -0.383 e. The lowest BCUT2D eigenvalue weighted by molar-refractivity contribution is -0.137. The molecule has 7 nitrogen and oxygen atoms in total. The van der Waals surface area contributed by atoms with Crippen molar-refractivity contribution in [2.45, 2.75) is 6.18 Å². The second kappa shape index (κ2) is 9.33. The molecule has 27 heavy (non-hydrogen) atoms. The highest BCUT2D eigenvalue weighted by atomic mass is 32.1. The van der Waals surface area contributed by atoms with Crippen molar-refractivity contribution < 1.29 is 27.5 Å². The number of carbonyl (C=O) groups excluding carboxylic acids is 2. The van der Waals surface area contributed by atoms with Gasteiger partial charge in [0.25, 0.3) is 5.91 Å². The Hall–Kier alpha value is -2.66. The van der Waals surface area contributed by atoms with Crippen LogP contribution in [0.4, 0.5) is 24.0 Å². The number of anilines is 2. The molecule has 0 aliphatic carbocycles. The molecule has 0 saturated carbocycles. The number of carbonyl (C=O) groups is 2. The van der Waals surface area contributed by atoms with E-state index in [9.17, 15) is 22.8 Å². The highest BCUT2D eigenvalue weighted by Gasteiger charge is 2.30. The minimum absolute atomic E-state index is 0.0548. The monoisotopic (exact) mass is 402 g/mol. The molecule has 0 spiro atoms. The highest BCUT2D eigenvalue weighted by molar-refractivity contribution is 7.14. The number of alkyl halides is 3. The van der Waals surface area contributed by atoms with Crippen molar-refractivity contribution in [3.05, 3.63) is 40.9 Å². The van der Waals surface area contributed by atoms with Crippen molar-refractivity contribution in [2.24, 2.45) is 0 Å². The van der Waals surface area contributed by atoms with Crippen molar-refractivity contribution in [2.75, 3.05) is 32.1 Å². The number of ether oxygens (including phenoxy) is 1. The SMILES string of the molecule is COCCNC(=O)CNC(=O)c1csc(Nc2cccc(C(F)(F)F)c2)n1. The molecule has 0 atom stereocenters. The van der Waals surface area contributed by atoms with Gasteiger partial charge in [0.15, 0.2) is 5.13 Å². The average molecular weight is 402 g/mol. The summed E-state index contributed by atoms with van der Waals surface area (Å²) in [7, 11) is 1.50. The summed E-state index contributed by atoms with van der Waals surface area (Å²) in [5.41, 5.74) is -0.538. The number of hydrogen-bond acceptors (Lipinski definition) is 6. The lowest BCUT2D eigenvalue weighted by Gasteiger charge is -2.09. The first kappa shape index (κ1) is 20.6. The smallest absolute Gasteiger partial charge is 0.383 e. The van der Waals surface area contributed by atoms with Gasteiger partial charge in [0, 0.05) is 24.7 Å². The molecular formula is C16H17F3N4O3S. The number of aromatic nitrogens is 1. The largest absolute Gasteiger partial charge is 0.416 e. The van der Waals surface area contributed by atoms with E-state index in [-0.39, 0.29) is 29.0 Å². The van der Waals surface area contributed by atoms with E-state index in [4.69, 9.17) is 4.74 Å². The zero-order chi connectivity index (χ0) is 19.9. The van der Waals surface area contributed by atoms with Crippen LogP contribution in [-0.2, 0) is 15.7 Å². The van der Waals surface area contributed by atoms with Gasteiger partial charge in [-0.3, -0.25) is 9.59 Å². The predicted octanol–water partition coefficient (Wildman–Crippen LogP) is 2.40. The number of hydrogen-bond donors (Lipinski definition) is 3. The topological polar surface area (TPSA) is 92.4 Å². The van der Waals surface area contributed by atoms with Crippen LogP contribution < -0.4 is 16.0 Å². The lowest BCUT2D eigenvalue weighted by atomic mass is 10.2. The van der Waals surface area contributed by atoms with Crippen LogP contribution in [0.15, 0.2) is 29.6 Å². The molecule has 1 heterocycles. The second-order valence-electron chi connectivity index (χ2n) is 5.27. The molecule has 0 fully saturated rings. The normalized spacial score (nSPS) is 11.1. The molecule has 3 N–H and O–H groups in total. The Morgan fingerprint density at radius 1 is 1.26 bits per heavy atom. The van der Waals surface area contributed by atoms with Crippen LogP contribution in [0.3, 0.4) is 0 Å². The van der Waals surface area contributed by atoms with Crippen LogP contribution in [0.2, 0.25) is 0 Å². The van der Waals surface area contributed by atoms with E-state index in [0.717, 1.165) is 23.5 Å². The summed E-state index contributed by atoms with van der Waals surface area (Å²) in [6, 6.07) is 4.64. The quantitative estimate of drug-likeness (QED) is 0.590. The predicted molar refractivity (Wildman–Crippen MR) is 94.1 cm³/mol. The molecule has 0 unspecified atom stereocenters. The molecule has 0 bridgehead atoms. The third-order valence-corrected chi connectivity index (χ3v) is 3.97. The van der Waals surface area contributed by atoms with Gasteiger partial charge in [0.1, 0.15) is 5.69 Å². The fraction of sp³-hybridized carbons (Fsp3) is 0.312. The van der Waals surface area contributed by atoms with Crippen molar-refractivity contribution in [1.82, 2.24) is 15.6 Å². The third kappa shape index (κ3) is 6.53. The Labute approximate surface area is 156 Å². The minimum atomic E-state index is -4.45. The third-order valence-electron chi connectivity index (χ3n) is 3.22. The van der Waals surface area contributed by atoms with Gasteiger partial charge in [-0.1, -0.05) is 6.07 Å². The Balaban J connectivity index is 1.91. The zero-order valence-corrected chi connectivity index (χ0v) is 15.0. The van der Waals surface area contributed by atoms with Crippen LogP contribution >= 0.6 is 11.3 Å². The summed E-state index contributed by atoms with van der Waals surface area (Å²) in [6.07, 6.45) is -4.45. The molecular weight excluding hydrogens is 385 g/mol. The van der Waals surface area contributed by atoms with Gasteiger partial charge >= 0.3 is 6.18 Å². The summed E-state index contributed by atoms with van der Waals surface area (Å²) in [6.45, 7) is 0.458. The molecule has 2 amide bonds. The van der Waals surface area contributed by atoms with E-state index < -0.39 is 17.6 Å². The van der Waals surface area contributed by atoms with Crippen molar-refractivity contribution >= 4 is 34.0 Å². The Morgan fingerprint density at radius 2 is 2.04 bits per heavy atom. The standard InChI is InChI=1S/C16H17F3N4O3S/c1-26-6-5-20-13(24)8-21-14(25)12-9-27-15(23-12)22-11-4-2-3-10(7-11)16(17,18)19/h2-4,7,9H,5-6,8H2,1H3,(H,20,24)(H,21,25)(H,22,23). The molecule has 146 valence electrons. The van der Waals surface area contributed by atoms with Gasteiger partial charge in [0.05, 0.1) is 18.7 Å². The zero-order valence-electron chi connectivity index (χ0n) is 14.2. The van der Waals surface area contributed by atoms with Gasteiger partial charge in [-0.25, -0.2) is 4.98 Å². The average Bonchev–Trinajstić information content (AvgIpc) is 3.08. The Morgan fingerprint density at radius 3 is 2.74 bits per heavy atom. The number of benzene rings is 1. The van der Waals surface area contributed by atoms with Crippen molar-refractivity contribution in [3.63, 3.8) is 0 Å². The first-order valence-electron chi connectivity index (χ1n) is 7.73. The van der Waals surface area contributed by atoms with Crippen molar-refractivity contribution in [3.8, 4) is 0 Å². The number of methoxy groups -OCH3 is 1. The van der Waals surface area contributed by atoms with Gasteiger partial charge in [-0.2, -0.15) is 13.2 Å². The van der Waals surface area contributed by atoms with E-state index in [1.54, 1.807) is 0 Å². The first-order chi connectivity index (χ1) is 12.8. The number of thiazole rings is 1. The van der Waals surface area contributed by atoms with E-state index in [1.165, 1.54) is 24.6 Å². The fourth-order valence-electron chi connectivity index (χ4n) is 1.94. The number of rotatable bonds is 8. The van der Waals surface area contributed by atoms with Gasteiger partial charge in [0.2, 0.25) is 5.91 Å². The first-order valence-corrected chi connectivity index (χ1v) is 8.61. The van der Waals surface area contributed by atoms with Crippen LogP contribution in [0.5, 0.6) is 0 Å². The number of nitrogens with one attached hydrogen (secondary N) is 3. The van der Waals surface area contributed by atoms with Gasteiger partial charge in [-0.15, -0.1) is 11.3 Å². The van der Waals surface area contributed by atoms with E-state index in [0.29, 0.717) is 13.2 Å². The summed E-state index contributed by atoms with van der Waals surface area (Å²) in [4.78, 5) is 27.5. The van der Waals surface area contributed by atoms with Gasteiger partial charge in [-0.05, 0) is 18.2 Å². The molecule has 0 aliphatic heterocycles. The molecule has 0 aliphatic rings. The molecule has 11 heteroatoms. The summed E-state index contributed by atoms with van der Waals surface area (Å²) >= 11 is 1.06. The Bertz CT molecular complexity index is 795. The molecule has 0 radical (unpaired) electrons. The lowest BCUT2D eigenvalue weighted by Crippen LogP contribution is -2.38. The highest BCUT2D eigenvalue weighted by Crippen LogP contribution is 2.31. The summed E-state index contributed by atoms with van der Waals surface area (Å²) < 4.78 is 43.0. The maximum Gasteiger partial charge on any atom is 0.416 e. The summed E-state index contributed by atoms with van der Waals surface area (Å²) in [5.74, 6) is -0.942.